The van der Waals surface area contributed by atoms with Crippen molar-refractivity contribution < 1.29 is 4.42 Å². The van der Waals surface area contributed by atoms with Crippen molar-refractivity contribution in [3.63, 3.8) is 0 Å². The van der Waals surface area contributed by atoms with Crippen LogP contribution in [0.4, 0.5) is 0 Å². The first-order chi connectivity index (χ1) is 8.61. The van der Waals surface area contributed by atoms with Gasteiger partial charge >= 0.3 is 0 Å². The fraction of sp³-hybridized carbons (Fsp3) is 0.308. The van der Waals surface area contributed by atoms with Gasteiger partial charge in [0, 0.05) is 18.0 Å². The fourth-order valence-corrected chi connectivity index (χ4v) is 2.24. The summed E-state index contributed by atoms with van der Waals surface area (Å²) < 4.78 is 5.52. The maximum absolute atomic E-state index is 6.10. The van der Waals surface area contributed by atoms with Crippen LogP contribution >= 0.6 is 11.6 Å². The van der Waals surface area contributed by atoms with Crippen LogP contribution in [0.15, 0.2) is 28.9 Å². The fourth-order valence-electron chi connectivity index (χ4n) is 2.04. The van der Waals surface area contributed by atoms with E-state index in [1.165, 1.54) is 0 Å². The highest BCUT2D eigenvalue weighted by atomic mass is 35.5. The number of aryl methyl sites for hydroxylation is 2. The minimum atomic E-state index is -0.0256. The molecule has 0 amide bonds. The molecule has 0 aliphatic carbocycles. The number of nitrogens with one attached hydrogen (secondary N) is 1. The molecular formula is C13H16ClN3O. The van der Waals surface area contributed by atoms with Gasteiger partial charge in [0.2, 0.25) is 0 Å². The molecule has 0 aliphatic heterocycles. The molecule has 0 saturated carbocycles. The van der Waals surface area contributed by atoms with E-state index in [0.29, 0.717) is 11.4 Å². The van der Waals surface area contributed by atoms with Crippen LogP contribution in [0.2, 0.25) is 5.02 Å². The molecule has 0 aromatic carbocycles. The lowest BCUT2D eigenvalue weighted by atomic mass is 10.0. The van der Waals surface area contributed by atoms with Crippen molar-refractivity contribution in [2.45, 2.75) is 26.3 Å². The Kier molecular flexibility index (Phi) is 4.01. The average molecular weight is 266 g/mol. The highest BCUT2D eigenvalue weighted by Gasteiger charge is 2.17. The molecule has 0 radical (unpaired) electrons. The van der Waals surface area contributed by atoms with Crippen molar-refractivity contribution in [2.24, 2.45) is 5.84 Å². The van der Waals surface area contributed by atoms with E-state index in [9.17, 15) is 0 Å². The third-order valence-corrected chi connectivity index (χ3v) is 3.28. The maximum Gasteiger partial charge on any atom is 0.105 e. The lowest BCUT2D eigenvalue weighted by Crippen LogP contribution is -2.29. The van der Waals surface area contributed by atoms with E-state index >= 15 is 0 Å². The zero-order chi connectivity index (χ0) is 13.1. The van der Waals surface area contributed by atoms with Crippen molar-refractivity contribution in [3.8, 4) is 0 Å². The number of hydrazine groups is 1. The first kappa shape index (κ1) is 13.1. The van der Waals surface area contributed by atoms with Gasteiger partial charge in [0.05, 0.1) is 11.1 Å². The molecule has 2 aromatic heterocycles. The van der Waals surface area contributed by atoms with Crippen molar-refractivity contribution in [2.75, 3.05) is 0 Å². The third kappa shape index (κ3) is 2.72. The summed E-state index contributed by atoms with van der Waals surface area (Å²) in [6.45, 7) is 3.85. The van der Waals surface area contributed by atoms with Crippen molar-refractivity contribution in [3.05, 3.63) is 52.2 Å². The Morgan fingerprint density at radius 1 is 1.50 bits per heavy atom. The predicted molar refractivity (Wildman–Crippen MR) is 71.2 cm³/mol. The first-order valence-electron chi connectivity index (χ1n) is 5.73. The summed E-state index contributed by atoms with van der Waals surface area (Å²) in [4.78, 5) is 3.97. The van der Waals surface area contributed by atoms with Crippen LogP contribution in [0.3, 0.4) is 0 Å². The van der Waals surface area contributed by atoms with E-state index in [4.69, 9.17) is 21.9 Å². The third-order valence-electron chi connectivity index (χ3n) is 2.94. The predicted octanol–water partition coefficient (Wildman–Crippen LogP) is 2.69. The smallest absolute Gasteiger partial charge is 0.105 e. The van der Waals surface area contributed by atoms with Gasteiger partial charge in [-0.25, -0.2) is 0 Å². The van der Waals surface area contributed by atoms with Crippen LogP contribution < -0.4 is 11.3 Å². The van der Waals surface area contributed by atoms with Crippen molar-refractivity contribution >= 4 is 11.6 Å². The maximum atomic E-state index is 6.10. The lowest BCUT2D eigenvalue weighted by molar-refractivity contribution is 0.484. The normalized spacial score (nSPS) is 12.7. The zero-order valence-corrected chi connectivity index (χ0v) is 11.2. The number of nitrogens with two attached hydrogens (primary N) is 1. The molecule has 0 saturated heterocycles. The van der Waals surface area contributed by atoms with E-state index in [-0.39, 0.29) is 6.04 Å². The summed E-state index contributed by atoms with van der Waals surface area (Å²) in [5, 5.41) is 0.649. The van der Waals surface area contributed by atoms with Crippen LogP contribution in [0.1, 0.15) is 28.7 Å². The molecule has 3 N–H and O–H groups in total. The molecular weight excluding hydrogens is 250 g/mol. The SMILES string of the molecule is Cc1cc(C(Cc2ccncc2Cl)NN)c(C)o1. The molecule has 18 heavy (non-hydrogen) atoms. The van der Waals surface area contributed by atoms with Gasteiger partial charge in [-0.15, -0.1) is 0 Å². The summed E-state index contributed by atoms with van der Waals surface area (Å²) in [6, 6.07) is 3.87. The molecule has 96 valence electrons. The van der Waals surface area contributed by atoms with Gasteiger partial charge in [0.25, 0.3) is 0 Å². The summed E-state index contributed by atoms with van der Waals surface area (Å²) in [5.41, 5.74) is 4.87. The van der Waals surface area contributed by atoms with E-state index in [1.807, 2.05) is 26.0 Å². The Bertz CT molecular complexity index is 539. The number of halogens is 1. The average Bonchev–Trinajstić information content (AvgIpc) is 2.67. The van der Waals surface area contributed by atoms with Gasteiger partial charge in [-0.05, 0) is 38.0 Å². The molecule has 0 fully saturated rings. The molecule has 0 aliphatic rings. The van der Waals surface area contributed by atoms with Crippen molar-refractivity contribution in [1.82, 2.24) is 10.4 Å². The highest BCUT2D eigenvalue weighted by Crippen LogP contribution is 2.26. The monoisotopic (exact) mass is 265 g/mol. The highest BCUT2D eigenvalue weighted by molar-refractivity contribution is 6.31. The van der Waals surface area contributed by atoms with Gasteiger partial charge in [-0.2, -0.15) is 0 Å². The van der Waals surface area contributed by atoms with Crippen molar-refractivity contribution in [1.29, 1.82) is 0 Å². The number of furan rings is 1. The largest absolute Gasteiger partial charge is 0.466 e. The Morgan fingerprint density at radius 3 is 2.83 bits per heavy atom. The molecule has 1 unspecified atom stereocenters. The van der Waals surface area contributed by atoms with Crippen LogP contribution in [-0.2, 0) is 6.42 Å². The van der Waals surface area contributed by atoms with E-state index < -0.39 is 0 Å². The number of hydrogen-bond acceptors (Lipinski definition) is 4. The van der Waals surface area contributed by atoms with Crippen LogP contribution in [0.25, 0.3) is 0 Å². The summed E-state index contributed by atoms with van der Waals surface area (Å²) >= 11 is 6.10. The number of aromatic nitrogens is 1. The van der Waals surface area contributed by atoms with Crippen LogP contribution in [0.5, 0.6) is 0 Å². The molecule has 1 atom stereocenters. The summed E-state index contributed by atoms with van der Waals surface area (Å²) in [7, 11) is 0. The van der Waals surface area contributed by atoms with E-state index in [2.05, 4.69) is 10.4 Å². The minimum absolute atomic E-state index is 0.0256. The number of pyridine rings is 1. The number of rotatable bonds is 4. The Hall–Kier alpha value is -1.36. The zero-order valence-electron chi connectivity index (χ0n) is 10.4. The standard InChI is InChI=1S/C13H16ClN3O/c1-8-5-11(9(2)18-8)13(17-15)6-10-3-4-16-7-12(10)14/h3-5,7,13,17H,6,15H2,1-2H3. The molecule has 0 spiro atoms. The van der Waals surface area contributed by atoms with E-state index in [1.54, 1.807) is 12.4 Å². The Labute approximate surface area is 111 Å². The number of nitrogens with zero attached hydrogens (tertiary/aromatic N) is 1. The second-order valence-electron chi connectivity index (χ2n) is 4.26. The summed E-state index contributed by atoms with van der Waals surface area (Å²) in [5.74, 6) is 7.38. The Balaban J connectivity index is 2.25. The molecule has 0 bridgehead atoms. The topological polar surface area (TPSA) is 64.1 Å². The minimum Gasteiger partial charge on any atom is -0.466 e. The van der Waals surface area contributed by atoms with Gasteiger partial charge in [0.15, 0.2) is 0 Å². The van der Waals surface area contributed by atoms with Crippen LogP contribution in [0, 0.1) is 13.8 Å². The second kappa shape index (κ2) is 5.52. The summed E-state index contributed by atoms with van der Waals surface area (Å²) in [6.07, 6.45) is 4.05. The second-order valence-corrected chi connectivity index (χ2v) is 4.67. The lowest BCUT2D eigenvalue weighted by Gasteiger charge is -2.15. The van der Waals surface area contributed by atoms with Gasteiger partial charge < -0.3 is 4.42 Å². The first-order valence-corrected chi connectivity index (χ1v) is 6.11. The quantitative estimate of drug-likeness (QED) is 0.659. The van der Waals surface area contributed by atoms with Gasteiger partial charge in [-0.1, -0.05) is 11.6 Å². The molecule has 4 nitrogen and oxygen atoms in total. The van der Waals surface area contributed by atoms with Gasteiger partial charge in [-0.3, -0.25) is 16.3 Å². The van der Waals surface area contributed by atoms with Gasteiger partial charge in [0.1, 0.15) is 11.5 Å². The molecule has 2 aromatic rings. The van der Waals surface area contributed by atoms with Crippen LogP contribution in [-0.4, -0.2) is 4.98 Å². The Morgan fingerprint density at radius 2 is 2.28 bits per heavy atom. The molecule has 2 heterocycles. The van der Waals surface area contributed by atoms with E-state index in [0.717, 1.165) is 22.6 Å². The molecule has 5 heteroatoms. The molecule has 2 rings (SSSR count). The number of hydrogen-bond donors (Lipinski definition) is 2.